The lowest BCUT2D eigenvalue weighted by atomic mass is 10.1. The second kappa shape index (κ2) is 11.0. The Kier molecular flexibility index (Phi) is 8.02. The first kappa shape index (κ1) is 25.6. The van der Waals surface area contributed by atoms with E-state index in [-0.39, 0.29) is 33.7 Å². The highest BCUT2D eigenvalue weighted by atomic mass is 79.9. The molecule has 1 unspecified atom stereocenters. The number of anilines is 1. The number of nitro groups is 1. The third kappa shape index (κ3) is 5.75. The molecule has 2 aromatic carbocycles. The number of aromatic amines is 1. The minimum Gasteiger partial charge on any atom is -0.462 e. The largest absolute Gasteiger partial charge is 0.462 e. The number of nitrogens with one attached hydrogen (secondary N) is 2. The summed E-state index contributed by atoms with van der Waals surface area (Å²) in [5.74, 6) is -2.09. The van der Waals surface area contributed by atoms with Crippen molar-refractivity contribution in [1.29, 1.82) is 0 Å². The van der Waals surface area contributed by atoms with Crippen molar-refractivity contribution >= 4 is 45.2 Å². The van der Waals surface area contributed by atoms with Crippen LogP contribution in [0.15, 0.2) is 53.0 Å². The van der Waals surface area contributed by atoms with Crippen LogP contribution < -0.4 is 5.32 Å². The zero-order valence-corrected chi connectivity index (χ0v) is 20.7. The van der Waals surface area contributed by atoms with E-state index in [1.54, 1.807) is 51.1 Å². The average molecular weight is 544 g/mol. The van der Waals surface area contributed by atoms with Gasteiger partial charge in [0.2, 0.25) is 6.10 Å². The number of nitro benzene ring substituents is 1. The maximum Gasteiger partial charge on any atom is 0.356 e. The Morgan fingerprint density at radius 1 is 1.11 bits per heavy atom. The molecule has 3 rings (SSSR count). The lowest BCUT2D eigenvalue weighted by Crippen LogP contribution is -2.26. The van der Waals surface area contributed by atoms with Crippen LogP contribution in [0.5, 0.6) is 0 Å². The van der Waals surface area contributed by atoms with Crippen LogP contribution in [0.1, 0.15) is 50.7 Å². The van der Waals surface area contributed by atoms with Gasteiger partial charge in [0.1, 0.15) is 5.69 Å². The normalized spacial score (nSPS) is 11.4. The summed E-state index contributed by atoms with van der Waals surface area (Å²) in [6, 6.07) is 12.2. The number of aromatic nitrogens is 1. The van der Waals surface area contributed by atoms with Crippen molar-refractivity contribution in [3.63, 3.8) is 0 Å². The lowest BCUT2D eigenvalue weighted by Gasteiger charge is -2.18. The van der Waals surface area contributed by atoms with Crippen LogP contribution in [0.4, 0.5) is 11.4 Å². The summed E-state index contributed by atoms with van der Waals surface area (Å²) in [4.78, 5) is 51.8. The van der Waals surface area contributed by atoms with Gasteiger partial charge in [-0.15, -0.1) is 0 Å². The number of esters is 2. The van der Waals surface area contributed by atoms with Gasteiger partial charge in [0.15, 0.2) is 0 Å². The predicted octanol–water partition coefficient (Wildman–Crippen LogP) is 5.02. The van der Waals surface area contributed by atoms with Gasteiger partial charge in [-0.3, -0.25) is 14.9 Å². The number of aryl methyl sites for hydroxylation is 1. The predicted molar refractivity (Wildman–Crippen MR) is 130 cm³/mol. The molecule has 0 saturated heterocycles. The zero-order chi connectivity index (χ0) is 25.7. The smallest absolute Gasteiger partial charge is 0.356 e. The van der Waals surface area contributed by atoms with Gasteiger partial charge >= 0.3 is 11.9 Å². The Hall–Kier alpha value is -3.99. The number of hydrogen-bond donors (Lipinski definition) is 2. The van der Waals surface area contributed by atoms with Crippen molar-refractivity contribution in [1.82, 2.24) is 4.98 Å². The summed E-state index contributed by atoms with van der Waals surface area (Å²) >= 11 is 3.21. The third-order valence-electron chi connectivity index (χ3n) is 5.11. The van der Waals surface area contributed by atoms with E-state index in [1.165, 1.54) is 18.2 Å². The van der Waals surface area contributed by atoms with Gasteiger partial charge in [-0.05, 0) is 48.3 Å². The highest BCUT2D eigenvalue weighted by Gasteiger charge is 2.30. The molecular formula is C24H22BrN3O7. The van der Waals surface area contributed by atoms with Gasteiger partial charge < -0.3 is 19.8 Å². The SMILES string of the molecule is CCOC(=O)c1c(C)[nH]c(C(=O)OC(C(=O)Nc2ccc([N+](=O)[O-])cc2Br)c2ccccc2)c1C. The molecule has 1 aromatic heterocycles. The Bertz CT molecular complexity index is 1290. The van der Waals surface area contributed by atoms with Crippen molar-refractivity contribution in [3.8, 4) is 0 Å². The molecule has 0 bridgehead atoms. The molecule has 2 N–H and O–H groups in total. The molecule has 10 nitrogen and oxygen atoms in total. The first-order valence-electron chi connectivity index (χ1n) is 10.5. The Morgan fingerprint density at radius 3 is 2.40 bits per heavy atom. The van der Waals surface area contributed by atoms with E-state index in [0.29, 0.717) is 16.8 Å². The Balaban J connectivity index is 1.90. The van der Waals surface area contributed by atoms with E-state index in [0.717, 1.165) is 0 Å². The molecule has 0 saturated carbocycles. The minimum absolute atomic E-state index is 0.0239. The number of benzene rings is 2. The fourth-order valence-corrected chi connectivity index (χ4v) is 3.91. The second-order valence-corrected chi connectivity index (χ2v) is 8.31. The molecule has 11 heteroatoms. The highest BCUT2D eigenvalue weighted by molar-refractivity contribution is 9.10. The monoisotopic (exact) mass is 543 g/mol. The minimum atomic E-state index is -1.35. The van der Waals surface area contributed by atoms with Crippen molar-refractivity contribution in [2.75, 3.05) is 11.9 Å². The summed E-state index contributed by atoms with van der Waals surface area (Å²) in [5, 5.41) is 13.6. The number of nitrogens with zero attached hydrogens (tertiary/aromatic N) is 1. The number of ether oxygens (including phenoxy) is 2. The number of amides is 1. The van der Waals surface area contributed by atoms with Gasteiger partial charge in [0, 0.05) is 27.9 Å². The Morgan fingerprint density at radius 2 is 1.80 bits per heavy atom. The molecule has 0 radical (unpaired) electrons. The van der Waals surface area contributed by atoms with Gasteiger partial charge in [0.05, 0.1) is 22.8 Å². The van der Waals surface area contributed by atoms with Crippen LogP contribution in [0.3, 0.4) is 0 Å². The van der Waals surface area contributed by atoms with E-state index in [9.17, 15) is 24.5 Å². The van der Waals surface area contributed by atoms with Crippen LogP contribution in [0.25, 0.3) is 0 Å². The van der Waals surface area contributed by atoms with E-state index in [2.05, 4.69) is 26.2 Å². The number of H-pyrrole nitrogens is 1. The van der Waals surface area contributed by atoms with Crippen LogP contribution in [0.2, 0.25) is 0 Å². The molecule has 3 aromatic rings. The number of carbonyl (C=O) groups excluding carboxylic acids is 3. The second-order valence-electron chi connectivity index (χ2n) is 7.45. The summed E-state index contributed by atoms with van der Waals surface area (Å²) < 4.78 is 10.9. The van der Waals surface area contributed by atoms with Gasteiger partial charge in [-0.1, -0.05) is 30.3 Å². The van der Waals surface area contributed by atoms with Crippen molar-refractivity contribution in [2.45, 2.75) is 26.9 Å². The molecular weight excluding hydrogens is 522 g/mol. The highest BCUT2D eigenvalue weighted by Crippen LogP contribution is 2.29. The molecule has 0 aliphatic heterocycles. The van der Waals surface area contributed by atoms with Crippen LogP contribution in [0, 0.1) is 24.0 Å². The van der Waals surface area contributed by atoms with Gasteiger partial charge in [-0.2, -0.15) is 0 Å². The van der Waals surface area contributed by atoms with E-state index in [1.807, 2.05) is 0 Å². The maximum absolute atomic E-state index is 13.2. The van der Waals surface area contributed by atoms with Gasteiger partial charge in [-0.25, -0.2) is 9.59 Å². The van der Waals surface area contributed by atoms with Crippen LogP contribution >= 0.6 is 15.9 Å². The van der Waals surface area contributed by atoms with Gasteiger partial charge in [0.25, 0.3) is 11.6 Å². The number of halogens is 1. The average Bonchev–Trinajstić information content (AvgIpc) is 3.13. The third-order valence-corrected chi connectivity index (χ3v) is 5.76. The number of carbonyl (C=O) groups is 3. The Labute approximate surface area is 208 Å². The lowest BCUT2D eigenvalue weighted by molar-refractivity contribution is -0.384. The standard InChI is InChI=1S/C24H22BrN3O7/c1-4-34-23(30)19-13(2)20(26-14(19)3)24(31)35-21(15-8-6-5-7-9-15)22(29)27-18-11-10-16(28(32)33)12-17(18)25/h5-12,21,26H,4H2,1-3H3,(H,27,29). The fourth-order valence-electron chi connectivity index (χ4n) is 3.45. The number of non-ortho nitro benzene ring substituents is 1. The van der Waals surface area contributed by atoms with Crippen LogP contribution in [-0.4, -0.2) is 34.4 Å². The summed E-state index contributed by atoms with van der Waals surface area (Å²) in [6.07, 6.45) is -1.35. The molecule has 0 aliphatic carbocycles. The molecule has 0 fully saturated rings. The maximum atomic E-state index is 13.2. The molecule has 1 heterocycles. The molecule has 0 aliphatic rings. The summed E-state index contributed by atoms with van der Waals surface area (Å²) in [7, 11) is 0. The molecule has 0 spiro atoms. The molecule has 1 atom stereocenters. The van der Waals surface area contributed by atoms with Crippen molar-refractivity contribution < 1.29 is 28.8 Å². The topological polar surface area (TPSA) is 141 Å². The molecule has 35 heavy (non-hydrogen) atoms. The number of rotatable bonds is 8. The first-order chi connectivity index (χ1) is 16.6. The summed E-state index contributed by atoms with van der Waals surface area (Å²) in [5.41, 5.74) is 1.54. The van der Waals surface area contributed by atoms with E-state index >= 15 is 0 Å². The van der Waals surface area contributed by atoms with E-state index < -0.39 is 28.9 Å². The first-order valence-corrected chi connectivity index (χ1v) is 11.3. The quantitative estimate of drug-likeness (QED) is 0.231. The van der Waals surface area contributed by atoms with Crippen molar-refractivity contribution in [3.05, 3.63) is 91.2 Å². The summed E-state index contributed by atoms with van der Waals surface area (Å²) in [6.45, 7) is 5.06. The zero-order valence-electron chi connectivity index (χ0n) is 19.1. The molecule has 1 amide bonds. The number of hydrogen-bond acceptors (Lipinski definition) is 7. The van der Waals surface area contributed by atoms with Crippen molar-refractivity contribution in [2.24, 2.45) is 0 Å². The fraction of sp³-hybridized carbons (Fsp3) is 0.208. The van der Waals surface area contributed by atoms with Crippen LogP contribution in [-0.2, 0) is 14.3 Å². The van der Waals surface area contributed by atoms with E-state index in [4.69, 9.17) is 9.47 Å². The molecule has 182 valence electrons.